The van der Waals surface area contributed by atoms with E-state index in [1.807, 2.05) is 30.3 Å². The smallest absolute Gasteiger partial charge is 0.315 e. The van der Waals surface area contributed by atoms with Gasteiger partial charge in [-0.2, -0.15) is 0 Å². The van der Waals surface area contributed by atoms with E-state index < -0.39 is 6.10 Å². The van der Waals surface area contributed by atoms with Crippen LogP contribution in [-0.4, -0.2) is 22.8 Å². The standard InChI is InChI=1S/C18H18N2O3S/c21-14-7-5-12(6-8-14)10-19-18(23)20-11-15(22)17-9-13-3-1-2-4-16(13)24-17/h1-9,15,21-22H,10-11H2,(H2,19,20,23). The zero-order valence-electron chi connectivity index (χ0n) is 12.9. The number of hydrogen-bond acceptors (Lipinski definition) is 4. The minimum absolute atomic E-state index is 0.147. The maximum Gasteiger partial charge on any atom is 0.315 e. The van der Waals surface area contributed by atoms with Gasteiger partial charge in [-0.25, -0.2) is 4.79 Å². The van der Waals surface area contributed by atoms with Crippen molar-refractivity contribution in [3.8, 4) is 5.75 Å². The van der Waals surface area contributed by atoms with E-state index in [1.54, 1.807) is 24.3 Å². The van der Waals surface area contributed by atoms with Crippen LogP contribution in [0.15, 0.2) is 54.6 Å². The number of amides is 2. The summed E-state index contributed by atoms with van der Waals surface area (Å²) in [4.78, 5) is 12.6. The Morgan fingerprint density at radius 1 is 1.08 bits per heavy atom. The maximum absolute atomic E-state index is 11.8. The molecule has 0 saturated heterocycles. The van der Waals surface area contributed by atoms with Crippen LogP contribution in [0.1, 0.15) is 16.5 Å². The van der Waals surface area contributed by atoms with Crippen LogP contribution in [0, 0.1) is 0 Å². The van der Waals surface area contributed by atoms with Gasteiger partial charge in [0.05, 0.1) is 6.54 Å². The van der Waals surface area contributed by atoms with Gasteiger partial charge in [0, 0.05) is 16.1 Å². The van der Waals surface area contributed by atoms with Crippen molar-refractivity contribution in [1.82, 2.24) is 10.6 Å². The number of urea groups is 1. The SMILES string of the molecule is O=C(NCc1ccc(O)cc1)NCC(O)c1cc2ccccc2s1. The molecule has 3 rings (SSSR count). The second-order valence-corrected chi connectivity index (χ2v) is 6.55. The number of aromatic hydroxyl groups is 1. The summed E-state index contributed by atoms with van der Waals surface area (Å²) < 4.78 is 1.11. The molecule has 0 fully saturated rings. The fourth-order valence-electron chi connectivity index (χ4n) is 2.32. The van der Waals surface area contributed by atoms with Gasteiger partial charge in [0.25, 0.3) is 0 Å². The molecule has 5 nitrogen and oxygen atoms in total. The van der Waals surface area contributed by atoms with Gasteiger partial charge in [-0.15, -0.1) is 11.3 Å². The van der Waals surface area contributed by atoms with E-state index in [2.05, 4.69) is 10.6 Å². The Morgan fingerprint density at radius 2 is 1.83 bits per heavy atom. The minimum Gasteiger partial charge on any atom is -0.508 e. The topological polar surface area (TPSA) is 81.6 Å². The average Bonchev–Trinajstić information content (AvgIpc) is 3.03. The monoisotopic (exact) mass is 342 g/mol. The number of hydrogen-bond donors (Lipinski definition) is 4. The number of aliphatic hydroxyl groups is 1. The molecule has 124 valence electrons. The number of aliphatic hydroxyl groups excluding tert-OH is 1. The number of carbonyl (C=O) groups is 1. The molecule has 0 bridgehead atoms. The highest BCUT2D eigenvalue weighted by Crippen LogP contribution is 2.29. The molecule has 1 aromatic heterocycles. The summed E-state index contributed by atoms with van der Waals surface area (Å²) in [7, 11) is 0. The Labute approximate surface area is 143 Å². The van der Waals surface area contributed by atoms with Crippen LogP contribution in [0.2, 0.25) is 0 Å². The Kier molecular flexibility index (Phi) is 4.98. The van der Waals surface area contributed by atoms with Gasteiger partial charge in [-0.3, -0.25) is 0 Å². The predicted molar refractivity (Wildman–Crippen MR) is 95.1 cm³/mol. The largest absolute Gasteiger partial charge is 0.508 e. The second-order valence-electron chi connectivity index (χ2n) is 5.43. The van der Waals surface area contributed by atoms with Crippen molar-refractivity contribution in [3.05, 3.63) is 65.0 Å². The highest BCUT2D eigenvalue weighted by atomic mass is 32.1. The van der Waals surface area contributed by atoms with Crippen molar-refractivity contribution in [2.45, 2.75) is 12.6 Å². The van der Waals surface area contributed by atoms with Crippen LogP contribution in [0.3, 0.4) is 0 Å². The first-order valence-corrected chi connectivity index (χ1v) is 8.39. The van der Waals surface area contributed by atoms with E-state index in [4.69, 9.17) is 0 Å². The number of thiophene rings is 1. The average molecular weight is 342 g/mol. The fourth-order valence-corrected chi connectivity index (χ4v) is 3.37. The number of phenolic OH excluding ortho intramolecular Hbond substituents is 1. The zero-order valence-corrected chi connectivity index (χ0v) is 13.7. The fraction of sp³-hybridized carbons (Fsp3) is 0.167. The Bertz CT molecular complexity index is 797. The van der Waals surface area contributed by atoms with E-state index in [0.717, 1.165) is 20.5 Å². The molecule has 3 aromatic rings. The molecular weight excluding hydrogens is 324 g/mol. The predicted octanol–water partition coefficient (Wildman–Crippen LogP) is 3.14. The molecule has 0 aliphatic heterocycles. The van der Waals surface area contributed by atoms with Crippen molar-refractivity contribution in [1.29, 1.82) is 0 Å². The van der Waals surface area contributed by atoms with E-state index in [0.29, 0.717) is 6.54 Å². The lowest BCUT2D eigenvalue weighted by Crippen LogP contribution is -2.37. The molecule has 1 heterocycles. The lowest BCUT2D eigenvalue weighted by Gasteiger charge is -2.11. The highest BCUT2D eigenvalue weighted by molar-refractivity contribution is 7.19. The third-order valence-corrected chi connectivity index (χ3v) is 4.84. The molecule has 6 heteroatoms. The Balaban J connectivity index is 1.49. The van der Waals surface area contributed by atoms with Gasteiger partial charge < -0.3 is 20.8 Å². The first kappa shape index (κ1) is 16.3. The van der Waals surface area contributed by atoms with E-state index >= 15 is 0 Å². The molecule has 24 heavy (non-hydrogen) atoms. The summed E-state index contributed by atoms with van der Waals surface area (Å²) in [6, 6.07) is 16.1. The van der Waals surface area contributed by atoms with Crippen molar-refractivity contribution < 1.29 is 15.0 Å². The molecule has 4 N–H and O–H groups in total. The third kappa shape index (κ3) is 4.04. The summed E-state index contributed by atoms with van der Waals surface area (Å²) in [5, 5.41) is 25.9. The van der Waals surface area contributed by atoms with E-state index in [1.165, 1.54) is 11.3 Å². The molecule has 2 aromatic carbocycles. The van der Waals surface area contributed by atoms with Crippen molar-refractivity contribution in [2.75, 3.05) is 6.54 Å². The van der Waals surface area contributed by atoms with Crippen LogP contribution in [-0.2, 0) is 6.54 Å². The quantitative estimate of drug-likeness (QED) is 0.575. The van der Waals surface area contributed by atoms with Crippen LogP contribution in [0.5, 0.6) is 5.75 Å². The minimum atomic E-state index is -0.734. The molecule has 0 spiro atoms. The van der Waals surface area contributed by atoms with Gasteiger partial charge >= 0.3 is 6.03 Å². The highest BCUT2D eigenvalue weighted by Gasteiger charge is 2.12. The molecule has 0 radical (unpaired) electrons. The summed E-state index contributed by atoms with van der Waals surface area (Å²) in [5.41, 5.74) is 0.882. The molecular formula is C18H18N2O3S. The molecule has 1 atom stereocenters. The molecule has 0 aliphatic carbocycles. The number of carbonyl (C=O) groups excluding carboxylic acids is 1. The molecule has 0 saturated carbocycles. The lowest BCUT2D eigenvalue weighted by molar-refractivity contribution is 0.176. The number of benzene rings is 2. The number of phenols is 1. The summed E-state index contributed by atoms with van der Waals surface area (Å²) >= 11 is 1.52. The molecule has 1 unspecified atom stereocenters. The van der Waals surface area contributed by atoms with Crippen LogP contribution in [0.25, 0.3) is 10.1 Å². The Hall–Kier alpha value is -2.57. The number of rotatable bonds is 5. The molecule has 2 amide bonds. The second kappa shape index (κ2) is 7.33. The lowest BCUT2D eigenvalue weighted by atomic mass is 10.2. The number of fused-ring (bicyclic) bond motifs is 1. The van der Waals surface area contributed by atoms with Gasteiger partial charge in [0.15, 0.2) is 0 Å². The molecule has 0 aliphatic rings. The first-order valence-electron chi connectivity index (χ1n) is 7.58. The normalized spacial score (nSPS) is 12.0. The first-order chi connectivity index (χ1) is 11.6. The van der Waals surface area contributed by atoms with Crippen LogP contribution >= 0.6 is 11.3 Å². The van der Waals surface area contributed by atoms with E-state index in [-0.39, 0.29) is 18.3 Å². The van der Waals surface area contributed by atoms with Gasteiger partial charge in [-0.1, -0.05) is 30.3 Å². The van der Waals surface area contributed by atoms with Gasteiger partial charge in [-0.05, 0) is 35.2 Å². The van der Waals surface area contributed by atoms with Crippen LogP contribution in [0.4, 0.5) is 4.79 Å². The summed E-state index contributed by atoms with van der Waals surface area (Å²) in [5.74, 6) is 0.189. The van der Waals surface area contributed by atoms with Gasteiger partial charge in [0.1, 0.15) is 11.9 Å². The van der Waals surface area contributed by atoms with Crippen molar-refractivity contribution in [2.24, 2.45) is 0 Å². The van der Waals surface area contributed by atoms with E-state index in [9.17, 15) is 15.0 Å². The van der Waals surface area contributed by atoms with Crippen molar-refractivity contribution in [3.63, 3.8) is 0 Å². The summed E-state index contributed by atoms with van der Waals surface area (Å²) in [6.07, 6.45) is -0.734. The zero-order chi connectivity index (χ0) is 16.9. The van der Waals surface area contributed by atoms with Gasteiger partial charge in [0.2, 0.25) is 0 Å². The van der Waals surface area contributed by atoms with Crippen LogP contribution < -0.4 is 10.6 Å². The number of nitrogens with one attached hydrogen (secondary N) is 2. The maximum atomic E-state index is 11.8. The summed E-state index contributed by atoms with van der Waals surface area (Å²) in [6.45, 7) is 0.499. The third-order valence-electron chi connectivity index (χ3n) is 3.62. The van der Waals surface area contributed by atoms with Crippen molar-refractivity contribution >= 4 is 27.5 Å². The Morgan fingerprint density at radius 3 is 2.58 bits per heavy atom.